The Morgan fingerprint density at radius 3 is 2.62 bits per heavy atom. The third kappa shape index (κ3) is 3.33. The van der Waals surface area contributed by atoms with Crippen LogP contribution in [0.15, 0.2) is 60.2 Å². The third-order valence-corrected chi connectivity index (χ3v) is 5.62. The normalized spacial score (nSPS) is 11.0. The van der Waals surface area contributed by atoms with Gasteiger partial charge in [-0.15, -0.1) is 11.3 Å². The molecule has 4 rings (SSSR count). The number of rotatable bonds is 5. The number of aromatic nitrogens is 2. The van der Waals surface area contributed by atoms with E-state index >= 15 is 0 Å². The summed E-state index contributed by atoms with van der Waals surface area (Å²) in [4.78, 5) is 10.0. The van der Waals surface area contributed by atoms with Crippen molar-refractivity contribution in [2.45, 2.75) is 20.3 Å². The number of thiophene rings is 1. The minimum absolute atomic E-state index is 0.846. The summed E-state index contributed by atoms with van der Waals surface area (Å²) in [5.41, 5.74) is 6.37. The first kappa shape index (κ1) is 16.7. The third-order valence-electron chi connectivity index (χ3n) is 4.74. The summed E-state index contributed by atoms with van der Waals surface area (Å²) < 4.78 is 0. The van der Waals surface area contributed by atoms with Gasteiger partial charge in [0.05, 0.1) is 5.39 Å². The van der Waals surface area contributed by atoms with Crippen LogP contribution in [-0.4, -0.2) is 16.5 Å². The Hall–Kier alpha value is -2.72. The zero-order valence-corrected chi connectivity index (χ0v) is 15.8. The molecular formula is C22H21N3S. The fourth-order valence-electron chi connectivity index (χ4n) is 3.10. The molecule has 2 aromatic heterocycles. The molecule has 0 radical (unpaired) electrons. The van der Waals surface area contributed by atoms with Crippen LogP contribution in [0.5, 0.6) is 0 Å². The second-order valence-electron chi connectivity index (χ2n) is 6.51. The van der Waals surface area contributed by atoms with Gasteiger partial charge in [-0.2, -0.15) is 0 Å². The number of nitrogens with zero attached hydrogens (tertiary/aromatic N) is 2. The van der Waals surface area contributed by atoms with E-state index in [1.54, 1.807) is 17.7 Å². The molecular weight excluding hydrogens is 338 g/mol. The van der Waals surface area contributed by atoms with Gasteiger partial charge in [0.1, 0.15) is 17.0 Å². The highest BCUT2D eigenvalue weighted by atomic mass is 32.1. The second kappa shape index (κ2) is 7.26. The topological polar surface area (TPSA) is 37.8 Å². The van der Waals surface area contributed by atoms with Crippen LogP contribution in [0.2, 0.25) is 0 Å². The Kier molecular flexibility index (Phi) is 4.67. The molecule has 26 heavy (non-hydrogen) atoms. The number of hydrogen-bond acceptors (Lipinski definition) is 4. The average Bonchev–Trinajstić information content (AvgIpc) is 3.10. The minimum atomic E-state index is 0.846. The van der Waals surface area contributed by atoms with Crippen molar-refractivity contribution in [2.24, 2.45) is 0 Å². The summed E-state index contributed by atoms with van der Waals surface area (Å²) >= 11 is 1.67. The zero-order chi connectivity index (χ0) is 17.9. The number of anilines is 1. The molecule has 4 heteroatoms. The molecule has 130 valence electrons. The zero-order valence-electron chi connectivity index (χ0n) is 15.0. The average molecular weight is 359 g/mol. The number of aryl methyl sites for hydroxylation is 2. The summed E-state index contributed by atoms with van der Waals surface area (Å²) in [6.07, 6.45) is 2.61. The molecule has 1 N–H and O–H groups in total. The van der Waals surface area contributed by atoms with Crippen molar-refractivity contribution in [1.82, 2.24) is 9.97 Å². The van der Waals surface area contributed by atoms with E-state index in [-0.39, 0.29) is 0 Å². The predicted molar refractivity (Wildman–Crippen MR) is 111 cm³/mol. The van der Waals surface area contributed by atoms with Crippen LogP contribution < -0.4 is 5.32 Å². The quantitative estimate of drug-likeness (QED) is 0.502. The Balaban J connectivity index is 1.65. The van der Waals surface area contributed by atoms with Crippen molar-refractivity contribution < 1.29 is 0 Å². The smallest absolute Gasteiger partial charge is 0.138 e. The summed E-state index contributed by atoms with van der Waals surface area (Å²) in [5.74, 6) is 0.917. The molecule has 4 aromatic rings. The number of fused-ring (bicyclic) bond motifs is 1. The van der Waals surface area contributed by atoms with Crippen LogP contribution in [0.4, 0.5) is 5.82 Å². The fraction of sp³-hybridized carbons (Fsp3) is 0.182. The van der Waals surface area contributed by atoms with Crippen LogP contribution in [0.25, 0.3) is 21.3 Å². The van der Waals surface area contributed by atoms with Crippen molar-refractivity contribution in [3.05, 3.63) is 76.9 Å². The molecule has 0 amide bonds. The number of hydrogen-bond donors (Lipinski definition) is 1. The second-order valence-corrected chi connectivity index (χ2v) is 7.37. The summed E-state index contributed by atoms with van der Waals surface area (Å²) in [6.45, 7) is 5.14. The van der Waals surface area contributed by atoms with Crippen LogP contribution >= 0.6 is 11.3 Å². The fourth-order valence-corrected chi connectivity index (χ4v) is 4.02. The minimum Gasteiger partial charge on any atom is -0.369 e. The molecule has 0 bridgehead atoms. The molecule has 2 aromatic carbocycles. The van der Waals surface area contributed by atoms with Crippen LogP contribution in [0.3, 0.4) is 0 Å². The number of benzene rings is 2. The Bertz CT molecular complexity index is 1040. The first-order chi connectivity index (χ1) is 12.7. The summed E-state index contributed by atoms with van der Waals surface area (Å²) in [7, 11) is 0. The van der Waals surface area contributed by atoms with E-state index in [9.17, 15) is 0 Å². The lowest BCUT2D eigenvalue weighted by atomic mass is 10.0. The van der Waals surface area contributed by atoms with Crippen molar-refractivity contribution >= 4 is 27.4 Å². The van der Waals surface area contributed by atoms with Crippen molar-refractivity contribution in [1.29, 1.82) is 0 Å². The Morgan fingerprint density at radius 1 is 0.962 bits per heavy atom. The van der Waals surface area contributed by atoms with Gasteiger partial charge in [-0.3, -0.25) is 0 Å². The largest absolute Gasteiger partial charge is 0.369 e. The molecule has 0 aliphatic heterocycles. The Morgan fingerprint density at radius 2 is 1.81 bits per heavy atom. The first-order valence-corrected chi connectivity index (χ1v) is 9.68. The van der Waals surface area contributed by atoms with Crippen molar-refractivity contribution in [3.8, 4) is 11.1 Å². The first-order valence-electron chi connectivity index (χ1n) is 8.80. The van der Waals surface area contributed by atoms with Gasteiger partial charge in [0.15, 0.2) is 0 Å². The van der Waals surface area contributed by atoms with Gasteiger partial charge in [-0.25, -0.2) is 9.97 Å². The van der Waals surface area contributed by atoms with Gasteiger partial charge in [0.2, 0.25) is 0 Å². The van der Waals surface area contributed by atoms with E-state index in [0.29, 0.717) is 0 Å². The maximum Gasteiger partial charge on any atom is 0.138 e. The highest BCUT2D eigenvalue weighted by molar-refractivity contribution is 7.17. The van der Waals surface area contributed by atoms with Gasteiger partial charge in [-0.1, -0.05) is 48.5 Å². The van der Waals surface area contributed by atoms with E-state index < -0.39 is 0 Å². The molecule has 0 saturated heterocycles. The van der Waals surface area contributed by atoms with Crippen LogP contribution in [-0.2, 0) is 6.42 Å². The maximum absolute atomic E-state index is 4.52. The van der Waals surface area contributed by atoms with Gasteiger partial charge in [0.25, 0.3) is 0 Å². The van der Waals surface area contributed by atoms with Crippen molar-refractivity contribution in [3.63, 3.8) is 0 Å². The number of nitrogens with one attached hydrogen (secondary N) is 1. The molecule has 0 atom stereocenters. The standard InChI is InChI=1S/C22H21N3S/c1-15-8-9-18(12-16(15)2)19-13-26-22-20(19)21(24-14-25-22)23-11-10-17-6-4-3-5-7-17/h3-9,12-14H,10-11H2,1-2H3,(H,23,24,25). The summed E-state index contributed by atoms with van der Waals surface area (Å²) in [5, 5.41) is 6.82. The predicted octanol–water partition coefficient (Wildman–Crippen LogP) is 5.63. The van der Waals surface area contributed by atoms with Gasteiger partial charge in [-0.05, 0) is 42.5 Å². The summed E-state index contributed by atoms with van der Waals surface area (Å²) in [6, 6.07) is 17.1. The Labute approximate surface area is 157 Å². The van der Waals surface area contributed by atoms with Crippen LogP contribution in [0.1, 0.15) is 16.7 Å². The molecule has 2 heterocycles. The molecule has 0 aliphatic carbocycles. The molecule has 0 aliphatic rings. The van der Waals surface area contributed by atoms with E-state index in [1.807, 2.05) is 6.07 Å². The van der Waals surface area contributed by atoms with Crippen molar-refractivity contribution in [2.75, 3.05) is 11.9 Å². The van der Waals surface area contributed by atoms with Gasteiger partial charge in [0, 0.05) is 17.5 Å². The maximum atomic E-state index is 4.52. The lowest BCUT2D eigenvalue weighted by Gasteiger charge is -2.09. The monoisotopic (exact) mass is 359 g/mol. The van der Waals surface area contributed by atoms with E-state index in [1.165, 1.54) is 27.8 Å². The molecule has 0 fully saturated rings. The highest BCUT2D eigenvalue weighted by Crippen LogP contribution is 2.37. The van der Waals surface area contributed by atoms with Gasteiger partial charge >= 0.3 is 0 Å². The van der Waals surface area contributed by atoms with Gasteiger partial charge < -0.3 is 5.32 Å². The van der Waals surface area contributed by atoms with Crippen LogP contribution in [0, 0.1) is 13.8 Å². The molecule has 0 spiro atoms. The van der Waals surface area contributed by atoms with E-state index in [0.717, 1.165) is 29.0 Å². The van der Waals surface area contributed by atoms with E-state index in [4.69, 9.17) is 0 Å². The lowest BCUT2D eigenvalue weighted by molar-refractivity contribution is 1.01. The molecule has 3 nitrogen and oxygen atoms in total. The lowest BCUT2D eigenvalue weighted by Crippen LogP contribution is -2.06. The molecule has 0 unspecified atom stereocenters. The van der Waals surface area contributed by atoms with E-state index in [2.05, 4.69) is 77.0 Å². The molecule has 0 saturated carbocycles. The highest BCUT2D eigenvalue weighted by Gasteiger charge is 2.13. The SMILES string of the molecule is Cc1ccc(-c2csc3ncnc(NCCc4ccccc4)c23)cc1C.